The summed E-state index contributed by atoms with van der Waals surface area (Å²) in [4.78, 5) is 29.4. The quantitative estimate of drug-likeness (QED) is 0.737. The Morgan fingerprint density at radius 3 is 2.84 bits per heavy atom. The summed E-state index contributed by atoms with van der Waals surface area (Å²) in [5, 5.41) is 4.20. The summed E-state index contributed by atoms with van der Waals surface area (Å²) < 4.78 is 1.70. The van der Waals surface area contributed by atoms with Gasteiger partial charge in [-0.3, -0.25) is 14.2 Å². The minimum atomic E-state index is -0.169. The summed E-state index contributed by atoms with van der Waals surface area (Å²) in [6.07, 6.45) is 0. The highest BCUT2D eigenvalue weighted by atomic mass is 32.2. The van der Waals surface area contributed by atoms with Gasteiger partial charge in [-0.1, -0.05) is 41.6 Å². The average molecular weight is 351 g/mol. The largest absolute Gasteiger partial charge is 0.348 e. The van der Waals surface area contributed by atoms with Gasteiger partial charge in [-0.05, 0) is 30.7 Å². The third kappa shape index (κ3) is 3.05. The third-order valence-electron chi connectivity index (χ3n) is 4.30. The number of nitrogens with zero attached hydrogens (tertiary/aromatic N) is 2. The molecule has 1 amide bonds. The summed E-state index contributed by atoms with van der Waals surface area (Å²) in [6, 6.07) is 13.1. The molecule has 0 radical (unpaired) electrons. The second kappa shape index (κ2) is 6.37. The number of amides is 1. The van der Waals surface area contributed by atoms with Crippen LogP contribution < -0.4 is 10.9 Å². The summed E-state index contributed by atoms with van der Waals surface area (Å²) >= 11 is 1.57. The molecule has 0 bridgehead atoms. The van der Waals surface area contributed by atoms with E-state index < -0.39 is 0 Å². The standard InChI is InChI=1S/C19H17N3O2S/c1-12-2-4-13(5-3-12)11-20-17(23)14-6-7-15-16(10-14)21-19-22(18(15)24)8-9-25-19/h2-7,10H,8-9,11H2,1H3,(H,20,23). The van der Waals surface area contributed by atoms with E-state index in [9.17, 15) is 9.59 Å². The van der Waals surface area contributed by atoms with Gasteiger partial charge in [0, 0.05) is 24.4 Å². The summed E-state index contributed by atoms with van der Waals surface area (Å²) in [7, 11) is 0. The Hall–Kier alpha value is -2.60. The summed E-state index contributed by atoms with van der Waals surface area (Å²) in [6.45, 7) is 3.19. The Labute approximate surface area is 149 Å². The number of fused-ring (bicyclic) bond motifs is 2. The monoisotopic (exact) mass is 351 g/mol. The van der Waals surface area contributed by atoms with Crippen molar-refractivity contribution in [2.75, 3.05) is 5.75 Å². The first-order valence-corrected chi connectivity index (χ1v) is 9.11. The third-order valence-corrected chi connectivity index (χ3v) is 5.26. The zero-order valence-corrected chi connectivity index (χ0v) is 14.6. The molecule has 5 nitrogen and oxygen atoms in total. The van der Waals surface area contributed by atoms with E-state index >= 15 is 0 Å². The van der Waals surface area contributed by atoms with Crippen LogP contribution in [0.1, 0.15) is 21.5 Å². The van der Waals surface area contributed by atoms with Gasteiger partial charge in [0.05, 0.1) is 10.9 Å². The molecule has 6 heteroatoms. The maximum atomic E-state index is 12.4. The molecule has 2 heterocycles. The minimum Gasteiger partial charge on any atom is -0.348 e. The topological polar surface area (TPSA) is 64.0 Å². The van der Waals surface area contributed by atoms with E-state index in [0.717, 1.165) is 16.5 Å². The van der Waals surface area contributed by atoms with E-state index in [1.807, 2.05) is 31.2 Å². The van der Waals surface area contributed by atoms with E-state index in [0.29, 0.717) is 29.6 Å². The van der Waals surface area contributed by atoms with Gasteiger partial charge in [-0.2, -0.15) is 0 Å². The molecule has 1 N–H and O–H groups in total. The number of aryl methyl sites for hydroxylation is 1. The van der Waals surface area contributed by atoms with Gasteiger partial charge in [0.2, 0.25) is 0 Å². The van der Waals surface area contributed by atoms with Crippen molar-refractivity contribution >= 4 is 28.6 Å². The Morgan fingerprint density at radius 2 is 2.04 bits per heavy atom. The van der Waals surface area contributed by atoms with E-state index in [1.54, 1.807) is 34.5 Å². The molecule has 0 saturated carbocycles. The SMILES string of the molecule is Cc1ccc(CNC(=O)c2ccc3c(=O)n4c(nc3c2)SCC4)cc1. The summed E-state index contributed by atoms with van der Waals surface area (Å²) in [5.74, 6) is 0.695. The number of hydrogen-bond acceptors (Lipinski definition) is 4. The van der Waals surface area contributed by atoms with Crippen LogP contribution in [0.4, 0.5) is 0 Å². The maximum Gasteiger partial charge on any atom is 0.262 e. The fourth-order valence-corrected chi connectivity index (χ4v) is 3.82. The predicted octanol–water partition coefficient (Wildman–Crippen LogP) is 2.74. The molecule has 1 aromatic heterocycles. The second-order valence-corrected chi connectivity index (χ2v) is 7.16. The molecule has 0 fully saturated rings. The van der Waals surface area contributed by atoms with Crippen molar-refractivity contribution in [2.24, 2.45) is 0 Å². The van der Waals surface area contributed by atoms with Crippen molar-refractivity contribution in [2.45, 2.75) is 25.2 Å². The first kappa shape index (κ1) is 15.9. The van der Waals surface area contributed by atoms with Crippen molar-refractivity contribution in [1.29, 1.82) is 0 Å². The molecule has 25 heavy (non-hydrogen) atoms. The number of carbonyl (C=O) groups excluding carboxylic acids is 1. The molecule has 4 rings (SSSR count). The number of rotatable bonds is 3. The van der Waals surface area contributed by atoms with Gasteiger partial charge in [0.25, 0.3) is 11.5 Å². The fraction of sp³-hybridized carbons (Fsp3) is 0.211. The predicted molar refractivity (Wildman–Crippen MR) is 99.1 cm³/mol. The molecule has 0 atom stereocenters. The lowest BCUT2D eigenvalue weighted by Gasteiger charge is -2.08. The first-order valence-electron chi connectivity index (χ1n) is 8.13. The van der Waals surface area contributed by atoms with Crippen LogP contribution in [-0.4, -0.2) is 21.2 Å². The molecule has 2 aromatic carbocycles. The molecule has 126 valence electrons. The van der Waals surface area contributed by atoms with Gasteiger partial charge >= 0.3 is 0 Å². The Bertz CT molecular complexity index is 1030. The van der Waals surface area contributed by atoms with Gasteiger partial charge in [-0.25, -0.2) is 4.98 Å². The van der Waals surface area contributed by atoms with Crippen molar-refractivity contribution in [3.63, 3.8) is 0 Å². The molecule has 1 aliphatic rings. The molecule has 0 unspecified atom stereocenters. The van der Waals surface area contributed by atoms with Crippen molar-refractivity contribution < 1.29 is 4.79 Å². The number of benzene rings is 2. The van der Waals surface area contributed by atoms with Gasteiger partial charge in [0.1, 0.15) is 0 Å². The zero-order valence-electron chi connectivity index (χ0n) is 13.8. The Balaban J connectivity index is 1.58. The Kier molecular flexibility index (Phi) is 4.05. The second-order valence-electron chi connectivity index (χ2n) is 6.10. The number of aromatic nitrogens is 2. The highest BCUT2D eigenvalue weighted by molar-refractivity contribution is 7.99. The number of hydrogen-bond donors (Lipinski definition) is 1. The van der Waals surface area contributed by atoms with Crippen LogP contribution in [0.5, 0.6) is 0 Å². The molecular formula is C19H17N3O2S. The van der Waals surface area contributed by atoms with Gasteiger partial charge in [0.15, 0.2) is 5.16 Å². The molecule has 0 aliphatic carbocycles. The minimum absolute atomic E-state index is 0.0309. The molecule has 3 aromatic rings. The van der Waals surface area contributed by atoms with Crippen molar-refractivity contribution in [3.8, 4) is 0 Å². The van der Waals surface area contributed by atoms with E-state index in [4.69, 9.17) is 0 Å². The maximum absolute atomic E-state index is 12.4. The molecular weight excluding hydrogens is 334 g/mol. The van der Waals surface area contributed by atoms with Crippen molar-refractivity contribution in [1.82, 2.24) is 14.9 Å². The van der Waals surface area contributed by atoms with E-state index in [1.165, 1.54) is 5.56 Å². The van der Waals surface area contributed by atoms with Crippen LogP contribution in [0.25, 0.3) is 10.9 Å². The lowest BCUT2D eigenvalue weighted by Crippen LogP contribution is -2.24. The van der Waals surface area contributed by atoms with Gasteiger partial charge < -0.3 is 5.32 Å². The zero-order chi connectivity index (χ0) is 17.4. The molecule has 0 saturated heterocycles. The van der Waals surface area contributed by atoms with Crippen LogP contribution in [0.3, 0.4) is 0 Å². The lowest BCUT2D eigenvalue weighted by molar-refractivity contribution is 0.0951. The number of carbonyl (C=O) groups is 1. The average Bonchev–Trinajstić information content (AvgIpc) is 3.09. The van der Waals surface area contributed by atoms with Crippen LogP contribution >= 0.6 is 11.8 Å². The number of nitrogens with one attached hydrogen (secondary N) is 1. The smallest absolute Gasteiger partial charge is 0.262 e. The highest BCUT2D eigenvalue weighted by Crippen LogP contribution is 2.23. The van der Waals surface area contributed by atoms with Crippen LogP contribution in [0.15, 0.2) is 52.4 Å². The van der Waals surface area contributed by atoms with Crippen LogP contribution in [-0.2, 0) is 13.1 Å². The van der Waals surface area contributed by atoms with E-state index in [-0.39, 0.29) is 11.5 Å². The Morgan fingerprint density at radius 1 is 1.24 bits per heavy atom. The first-order chi connectivity index (χ1) is 12.1. The normalized spacial score (nSPS) is 13.0. The molecule has 0 spiro atoms. The highest BCUT2D eigenvalue weighted by Gasteiger charge is 2.17. The summed E-state index contributed by atoms with van der Waals surface area (Å²) in [5.41, 5.74) is 3.29. The van der Waals surface area contributed by atoms with Crippen LogP contribution in [0.2, 0.25) is 0 Å². The van der Waals surface area contributed by atoms with E-state index in [2.05, 4.69) is 10.3 Å². The number of thioether (sulfide) groups is 1. The lowest BCUT2D eigenvalue weighted by atomic mass is 10.1. The van der Waals surface area contributed by atoms with Gasteiger partial charge in [-0.15, -0.1) is 0 Å². The molecule has 1 aliphatic heterocycles. The fourth-order valence-electron chi connectivity index (χ4n) is 2.87. The van der Waals surface area contributed by atoms with Crippen LogP contribution in [0, 0.1) is 6.92 Å². The van der Waals surface area contributed by atoms with Crippen molar-refractivity contribution in [3.05, 3.63) is 69.5 Å².